The Morgan fingerprint density at radius 2 is 1.33 bits per heavy atom. The second-order valence-electron chi connectivity index (χ2n) is 8.62. The van der Waals surface area contributed by atoms with Gasteiger partial charge in [0.05, 0.1) is 21.1 Å². The number of hydrogen-bond donors (Lipinski definition) is 1. The zero-order chi connectivity index (χ0) is 20.8. The lowest BCUT2D eigenvalue weighted by atomic mass is 10.1. The first-order chi connectivity index (χ1) is 12.5. The van der Waals surface area contributed by atoms with E-state index in [2.05, 4.69) is 6.92 Å². The van der Waals surface area contributed by atoms with Gasteiger partial charge in [-0.05, 0) is 6.42 Å². The Kier molecular flexibility index (Phi) is 14.0. The number of unbranched alkanes of at least 4 members (excludes halogenated alkanes) is 10. The molecule has 0 aromatic heterocycles. The van der Waals surface area contributed by atoms with Crippen molar-refractivity contribution in [2.24, 2.45) is 0 Å². The Morgan fingerprint density at radius 3 is 1.74 bits per heavy atom. The Morgan fingerprint density at radius 1 is 0.889 bits per heavy atom. The van der Waals surface area contributed by atoms with Crippen molar-refractivity contribution in [2.75, 3.05) is 33.4 Å². The molecule has 162 valence electrons. The van der Waals surface area contributed by atoms with Gasteiger partial charge in [0.1, 0.15) is 12.3 Å². The average Bonchev–Trinajstić information content (AvgIpc) is 2.49. The van der Waals surface area contributed by atoms with E-state index < -0.39 is 22.0 Å². The third-order valence-electron chi connectivity index (χ3n) is 4.43. The van der Waals surface area contributed by atoms with Gasteiger partial charge in [-0.3, -0.25) is 9.35 Å². The Balaban J connectivity index is 3.86. The highest BCUT2D eigenvalue weighted by molar-refractivity contribution is 7.85. The molecule has 0 aliphatic rings. The predicted octanol–water partition coefficient (Wildman–Crippen LogP) is 4.19. The summed E-state index contributed by atoms with van der Waals surface area (Å²) in [6.07, 6.45) is 12.8. The van der Waals surface area contributed by atoms with Crippen molar-refractivity contribution in [1.29, 1.82) is 0 Å². The van der Waals surface area contributed by atoms with E-state index in [9.17, 15) is 13.2 Å². The summed E-state index contributed by atoms with van der Waals surface area (Å²) in [5, 5.41) is 0. The smallest absolute Gasteiger partial charge is 0.306 e. The van der Waals surface area contributed by atoms with E-state index in [1.807, 2.05) is 21.1 Å². The van der Waals surface area contributed by atoms with E-state index >= 15 is 0 Å². The third-order valence-corrected chi connectivity index (χ3v) is 5.22. The van der Waals surface area contributed by atoms with Gasteiger partial charge in [-0.15, -0.1) is 0 Å². The standard InChI is InChI=1S/C20H41NO5S/c1-5-6-7-8-9-10-11-12-13-14-15-16-20(22)26-19(17-21(2,3)4)18-27(23,24)25/h19H,5-18H2,1-4H3/p+1. The molecule has 6 nitrogen and oxygen atoms in total. The summed E-state index contributed by atoms with van der Waals surface area (Å²) in [7, 11) is 1.48. The van der Waals surface area contributed by atoms with Gasteiger partial charge in [0.25, 0.3) is 10.1 Å². The largest absolute Gasteiger partial charge is 0.455 e. The van der Waals surface area contributed by atoms with Crippen molar-refractivity contribution >= 4 is 16.1 Å². The predicted molar refractivity (Wildman–Crippen MR) is 110 cm³/mol. The highest BCUT2D eigenvalue weighted by Gasteiger charge is 2.26. The highest BCUT2D eigenvalue weighted by atomic mass is 32.2. The monoisotopic (exact) mass is 408 g/mol. The van der Waals surface area contributed by atoms with Gasteiger partial charge in [-0.2, -0.15) is 8.42 Å². The van der Waals surface area contributed by atoms with E-state index in [-0.39, 0.29) is 5.97 Å². The molecule has 0 amide bonds. The zero-order valence-corrected chi connectivity index (χ0v) is 18.7. The second-order valence-corrected chi connectivity index (χ2v) is 10.1. The molecule has 7 heteroatoms. The highest BCUT2D eigenvalue weighted by Crippen LogP contribution is 2.13. The number of esters is 1. The third kappa shape index (κ3) is 19.9. The van der Waals surface area contributed by atoms with Crippen LogP contribution < -0.4 is 0 Å². The molecule has 0 spiro atoms. The van der Waals surface area contributed by atoms with Crippen LogP contribution in [0.15, 0.2) is 0 Å². The number of rotatable bonds is 17. The van der Waals surface area contributed by atoms with Crippen molar-refractivity contribution in [2.45, 2.75) is 90.1 Å². The van der Waals surface area contributed by atoms with Gasteiger partial charge in [0.2, 0.25) is 0 Å². The van der Waals surface area contributed by atoms with Gasteiger partial charge < -0.3 is 9.22 Å². The number of hydrogen-bond acceptors (Lipinski definition) is 4. The van der Waals surface area contributed by atoms with Gasteiger partial charge in [-0.25, -0.2) is 0 Å². The molecule has 0 saturated heterocycles. The fourth-order valence-electron chi connectivity index (χ4n) is 3.15. The van der Waals surface area contributed by atoms with E-state index in [0.29, 0.717) is 17.4 Å². The maximum Gasteiger partial charge on any atom is 0.306 e. The lowest BCUT2D eigenvalue weighted by Crippen LogP contribution is -2.45. The molecule has 0 aliphatic heterocycles. The van der Waals surface area contributed by atoms with E-state index in [1.54, 1.807) is 0 Å². The molecule has 0 rings (SSSR count). The van der Waals surface area contributed by atoms with E-state index in [1.165, 1.54) is 51.4 Å². The number of likely N-dealkylation sites (N-methyl/N-ethyl adjacent to an activating group) is 1. The number of nitrogens with zero attached hydrogens (tertiary/aromatic N) is 1. The second kappa shape index (κ2) is 14.4. The average molecular weight is 409 g/mol. The number of carbonyl (C=O) groups is 1. The lowest BCUT2D eigenvalue weighted by Gasteiger charge is -2.28. The Bertz CT molecular complexity index is 485. The summed E-state index contributed by atoms with van der Waals surface area (Å²) in [5.74, 6) is -0.931. The molecule has 0 bridgehead atoms. The van der Waals surface area contributed by atoms with Crippen molar-refractivity contribution in [3.8, 4) is 0 Å². The molecule has 1 N–H and O–H groups in total. The molecular weight excluding hydrogens is 366 g/mol. The molecule has 0 aromatic carbocycles. The summed E-state index contributed by atoms with van der Waals surface area (Å²) >= 11 is 0. The summed E-state index contributed by atoms with van der Waals surface area (Å²) in [4.78, 5) is 12.0. The van der Waals surface area contributed by atoms with Crippen LogP contribution in [0.5, 0.6) is 0 Å². The number of carbonyl (C=O) groups excluding carboxylic acids is 1. The fraction of sp³-hybridized carbons (Fsp3) is 0.950. The Hall–Kier alpha value is -0.660. The van der Waals surface area contributed by atoms with Crippen molar-refractivity contribution in [1.82, 2.24) is 0 Å². The minimum Gasteiger partial charge on any atom is -0.455 e. The lowest BCUT2D eigenvalue weighted by molar-refractivity contribution is -0.873. The van der Waals surface area contributed by atoms with Crippen LogP contribution in [0.1, 0.15) is 84.0 Å². The molecule has 0 aromatic rings. The van der Waals surface area contributed by atoms with Crippen LogP contribution in [0, 0.1) is 0 Å². The topological polar surface area (TPSA) is 80.7 Å². The first kappa shape index (κ1) is 26.3. The van der Waals surface area contributed by atoms with Crippen molar-refractivity contribution in [3.05, 3.63) is 0 Å². The summed E-state index contributed by atoms with van der Waals surface area (Å²) in [6.45, 7) is 2.57. The summed E-state index contributed by atoms with van der Waals surface area (Å²) in [5.41, 5.74) is 0. The zero-order valence-electron chi connectivity index (χ0n) is 17.9. The summed E-state index contributed by atoms with van der Waals surface area (Å²) in [6, 6.07) is 0. The first-order valence-electron chi connectivity index (χ1n) is 10.5. The van der Waals surface area contributed by atoms with Crippen LogP contribution in [-0.2, 0) is 19.6 Å². The van der Waals surface area contributed by atoms with E-state index in [0.717, 1.165) is 19.3 Å². The van der Waals surface area contributed by atoms with Crippen LogP contribution in [0.25, 0.3) is 0 Å². The molecule has 27 heavy (non-hydrogen) atoms. The van der Waals surface area contributed by atoms with Gasteiger partial charge in [0.15, 0.2) is 6.10 Å². The molecule has 0 fully saturated rings. The maximum absolute atomic E-state index is 12.0. The van der Waals surface area contributed by atoms with Crippen LogP contribution in [0.4, 0.5) is 0 Å². The molecule has 1 atom stereocenters. The van der Waals surface area contributed by atoms with Crippen LogP contribution >= 0.6 is 0 Å². The van der Waals surface area contributed by atoms with Gasteiger partial charge >= 0.3 is 5.97 Å². The van der Waals surface area contributed by atoms with Gasteiger partial charge in [-0.1, -0.05) is 71.1 Å². The molecule has 0 heterocycles. The molecule has 0 saturated carbocycles. The van der Waals surface area contributed by atoms with Crippen molar-refractivity contribution < 1.29 is 27.0 Å². The normalized spacial score (nSPS) is 13.5. The Labute approximate surface area is 167 Å². The molecule has 0 radical (unpaired) electrons. The number of ether oxygens (including phenoxy) is 1. The SMILES string of the molecule is CCCCCCCCCCCCCC(=O)OC(C[N+](C)(C)C)CS(=O)(=O)O. The summed E-state index contributed by atoms with van der Waals surface area (Å²) < 4.78 is 37.1. The molecule has 1 unspecified atom stereocenters. The van der Waals surface area contributed by atoms with Crippen LogP contribution in [0.3, 0.4) is 0 Å². The molecular formula is C20H42NO5S+. The minimum atomic E-state index is -4.17. The van der Waals surface area contributed by atoms with Gasteiger partial charge in [0, 0.05) is 6.42 Å². The number of quaternary nitrogens is 1. The van der Waals surface area contributed by atoms with Crippen molar-refractivity contribution in [3.63, 3.8) is 0 Å². The fourth-order valence-corrected chi connectivity index (χ4v) is 3.79. The minimum absolute atomic E-state index is 0.302. The van der Waals surface area contributed by atoms with Crippen LogP contribution in [0.2, 0.25) is 0 Å². The van der Waals surface area contributed by atoms with Crippen LogP contribution in [-0.4, -0.2) is 63.0 Å². The molecule has 0 aliphatic carbocycles. The maximum atomic E-state index is 12.0. The quantitative estimate of drug-likeness (QED) is 0.169. The van der Waals surface area contributed by atoms with E-state index in [4.69, 9.17) is 9.29 Å². The first-order valence-corrected chi connectivity index (χ1v) is 12.1.